The van der Waals surface area contributed by atoms with Gasteiger partial charge in [-0.25, -0.2) is 4.68 Å². The molecule has 0 atom stereocenters. The first-order valence-electron chi connectivity index (χ1n) is 5.42. The van der Waals surface area contributed by atoms with Crippen LogP contribution in [0, 0.1) is 0 Å². The Balaban J connectivity index is 2.42. The Morgan fingerprint density at radius 2 is 2.12 bits per heavy atom. The average Bonchev–Trinajstić information content (AvgIpc) is 2.78. The molecular formula is C13H13BrN2O. The van der Waals surface area contributed by atoms with Crippen molar-refractivity contribution in [2.75, 3.05) is 0 Å². The quantitative estimate of drug-likeness (QED) is 0.811. The van der Waals surface area contributed by atoms with Crippen molar-refractivity contribution >= 4 is 22.2 Å². The molecular weight excluding hydrogens is 280 g/mol. The van der Waals surface area contributed by atoms with Crippen LogP contribution in [0.2, 0.25) is 0 Å². The van der Waals surface area contributed by atoms with E-state index in [9.17, 15) is 4.79 Å². The minimum Gasteiger partial charge on any atom is -0.298 e. The van der Waals surface area contributed by atoms with E-state index in [4.69, 9.17) is 0 Å². The summed E-state index contributed by atoms with van der Waals surface area (Å²) in [5.74, 6) is 0.407. The van der Waals surface area contributed by atoms with E-state index in [1.807, 2.05) is 23.0 Å². The first kappa shape index (κ1) is 12.0. The molecule has 0 radical (unpaired) electrons. The molecule has 1 aromatic heterocycles. The lowest BCUT2D eigenvalue weighted by Gasteiger charge is -2.05. The van der Waals surface area contributed by atoms with Crippen molar-refractivity contribution in [3.8, 4) is 5.69 Å². The van der Waals surface area contributed by atoms with Crippen molar-refractivity contribution in [2.45, 2.75) is 19.8 Å². The Kier molecular flexibility index (Phi) is 3.43. The molecule has 4 heteroatoms. The lowest BCUT2D eigenvalue weighted by Crippen LogP contribution is -1.98. The number of nitrogens with zero attached hydrogens (tertiary/aromatic N) is 2. The van der Waals surface area contributed by atoms with Crippen LogP contribution in [0.1, 0.15) is 35.8 Å². The van der Waals surface area contributed by atoms with E-state index in [0.29, 0.717) is 11.5 Å². The van der Waals surface area contributed by atoms with Crippen LogP contribution in [0.3, 0.4) is 0 Å². The van der Waals surface area contributed by atoms with Crippen molar-refractivity contribution in [3.05, 3.63) is 46.2 Å². The van der Waals surface area contributed by atoms with Gasteiger partial charge in [0.05, 0.1) is 11.4 Å². The van der Waals surface area contributed by atoms with E-state index in [0.717, 1.165) is 22.1 Å². The molecule has 0 fully saturated rings. The SMILES string of the molecule is CC(C)c1ccn(-c2ccc(C=O)cc2Br)n1. The van der Waals surface area contributed by atoms with Crippen molar-refractivity contribution in [1.29, 1.82) is 0 Å². The summed E-state index contributed by atoms with van der Waals surface area (Å²) in [5, 5.41) is 4.49. The molecule has 0 aliphatic carbocycles. The minimum atomic E-state index is 0.407. The van der Waals surface area contributed by atoms with Crippen molar-refractivity contribution in [1.82, 2.24) is 9.78 Å². The number of halogens is 1. The Hall–Kier alpha value is -1.42. The van der Waals surface area contributed by atoms with Gasteiger partial charge in [0.15, 0.2) is 0 Å². The van der Waals surface area contributed by atoms with Gasteiger partial charge in [0, 0.05) is 16.2 Å². The normalized spacial score (nSPS) is 10.8. The maximum absolute atomic E-state index is 10.7. The molecule has 0 saturated carbocycles. The Morgan fingerprint density at radius 3 is 2.65 bits per heavy atom. The fourth-order valence-corrected chi connectivity index (χ4v) is 2.14. The molecule has 0 unspecified atom stereocenters. The molecule has 0 N–H and O–H groups in total. The van der Waals surface area contributed by atoms with Gasteiger partial charge in [0.1, 0.15) is 6.29 Å². The first-order valence-corrected chi connectivity index (χ1v) is 6.22. The number of rotatable bonds is 3. The van der Waals surface area contributed by atoms with Gasteiger partial charge in [-0.3, -0.25) is 4.79 Å². The highest BCUT2D eigenvalue weighted by atomic mass is 79.9. The molecule has 1 aromatic carbocycles. The number of aldehydes is 1. The van der Waals surface area contributed by atoms with Gasteiger partial charge in [0.25, 0.3) is 0 Å². The van der Waals surface area contributed by atoms with Crippen LogP contribution in [0.25, 0.3) is 5.69 Å². The summed E-state index contributed by atoms with van der Waals surface area (Å²) < 4.78 is 2.68. The van der Waals surface area contributed by atoms with Gasteiger partial charge in [0.2, 0.25) is 0 Å². The van der Waals surface area contributed by atoms with E-state index in [2.05, 4.69) is 34.9 Å². The smallest absolute Gasteiger partial charge is 0.150 e. The highest BCUT2D eigenvalue weighted by Gasteiger charge is 2.07. The van der Waals surface area contributed by atoms with E-state index >= 15 is 0 Å². The molecule has 1 heterocycles. The van der Waals surface area contributed by atoms with Gasteiger partial charge >= 0.3 is 0 Å². The highest BCUT2D eigenvalue weighted by molar-refractivity contribution is 9.10. The maximum Gasteiger partial charge on any atom is 0.150 e. The Morgan fingerprint density at radius 1 is 1.35 bits per heavy atom. The highest BCUT2D eigenvalue weighted by Crippen LogP contribution is 2.22. The molecule has 88 valence electrons. The number of aromatic nitrogens is 2. The maximum atomic E-state index is 10.7. The number of hydrogen-bond donors (Lipinski definition) is 0. The van der Waals surface area contributed by atoms with Gasteiger partial charge in [-0.05, 0) is 46.1 Å². The second kappa shape index (κ2) is 4.84. The van der Waals surface area contributed by atoms with Crippen LogP contribution in [-0.4, -0.2) is 16.1 Å². The summed E-state index contributed by atoms with van der Waals surface area (Å²) in [5.41, 5.74) is 2.63. The van der Waals surface area contributed by atoms with Crippen LogP contribution in [0.15, 0.2) is 34.9 Å². The monoisotopic (exact) mass is 292 g/mol. The molecule has 0 aliphatic heterocycles. The topological polar surface area (TPSA) is 34.9 Å². The van der Waals surface area contributed by atoms with Gasteiger partial charge in [-0.15, -0.1) is 0 Å². The average molecular weight is 293 g/mol. The fourth-order valence-electron chi connectivity index (χ4n) is 1.56. The van der Waals surface area contributed by atoms with E-state index in [-0.39, 0.29) is 0 Å². The predicted molar refractivity (Wildman–Crippen MR) is 70.7 cm³/mol. The number of hydrogen-bond acceptors (Lipinski definition) is 2. The molecule has 0 spiro atoms. The zero-order valence-corrected chi connectivity index (χ0v) is 11.3. The molecule has 2 aromatic rings. The van der Waals surface area contributed by atoms with Crippen molar-refractivity contribution in [3.63, 3.8) is 0 Å². The molecule has 0 bridgehead atoms. The summed E-state index contributed by atoms with van der Waals surface area (Å²) in [7, 11) is 0. The third-order valence-electron chi connectivity index (χ3n) is 2.56. The second-order valence-electron chi connectivity index (χ2n) is 4.17. The molecule has 0 amide bonds. The van der Waals surface area contributed by atoms with Crippen LogP contribution < -0.4 is 0 Å². The molecule has 17 heavy (non-hydrogen) atoms. The molecule has 0 aliphatic rings. The van der Waals surface area contributed by atoms with Crippen LogP contribution in [0.4, 0.5) is 0 Å². The summed E-state index contributed by atoms with van der Waals surface area (Å²) in [6.45, 7) is 4.22. The summed E-state index contributed by atoms with van der Waals surface area (Å²) in [6, 6.07) is 7.46. The van der Waals surface area contributed by atoms with Crippen LogP contribution >= 0.6 is 15.9 Å². The van der Waals surface area contributed by atoms with Crippen LogP contribution in [0.5, 0.6) is 0 Å². The first-order chi connectivity index (χ1) is 8.11. The lowest BCUT2D eigenvalue weighted by molar-refractivity contribution is 0.112. The minimum absolute atomic E-state index is 0.407. The lowest BCUT2D eigenvalue weighted by atomic mass is 10.1. The summed E-state index contributed by atoms with van der Waals surface area (Å²) in [4.78, 5) is 10.7. The zero-order valence-electron chi connectivity index (χ0n) is 9.72. The number of carbonyl (C=O) groups excluding carboxylic acids is 1. The number of carbonyl (C=O) groups is 1. The largest absolute Gasteiger partial charge is 0.298 e. The predicted octanol–water partition coefficient (Wildman–Crippen LogP) is 3.57. The third kappa shape index (κ3) is 2.47. The summed E-state index contributed by atoms with van der Waals surface area (Å²) >= 11 is 3.45. The Bertz CT molecular complexity index is 546. The van der Waals surface area contributed by atoms with Gasteiger partial charge in [-0.1, -0.05) is 13.8 Å². The van der Waals surface area contributed by atoms with Crippen LogP contribution in [-0.2, 0) is 0 Å². The fraction of sp³-hybridized carbons (Fsp3) is 0.231. The molecule has 3 nitrogen and oxygen atoms in total. The van der Waals surface area contributed by atoms with E-state index < -0.39 is 0 Å². The second-order valence-corrected chi connectivity index (χ2v) is 5.02. The number of benzene rings is 1. The standard InChI is InChI=1S/C13H13BrN2O/c1-9(2)12-5-6-16(15-12)13-4-3-10(8-17)7-11(13)14/h3-9H,1-2H3. The van der Waals surface area contributed by atoms with Gasteiger partial charge < -0.3 is 0 Å². The summed E-state index contributed by atoms with van der Waals surface area (Å²) in [6.07, 6.45) is 2.76. The zero-order chi connectivity index (χ0) is 12.4. The molecule has 2 rings (SSSR count). The van der Waals surface area contributed by atoms with Gasteiger partial charge in [-0.2, -0.15) is 5.10 Å². The molecule has 0 saturated heterocycles. The Labute approximate surface area is 109 Å². The van der Waals surface area contributed by atoms with Crippen molar-refractivity contribution in [2.24, 2.45) is 0 Å². The third-order valence-corrected chi connectivity index (χ3v) is 3.19. The van der Waals surface area contributed by atoms with E-state index in [1.165, 1.54) is 0 Å². The van der Waals surface area contributed by atoms with E-state index in [1.54, 1.807) is 12.1 Å². The van der Waals surface area contributed by atoms with Crippen molar-refractivity contribution < 1.29 is 4.79 Å².